The van der Waals surface area contributed by atoms with E-state index in [0.29, 0.717) is 6.04 Å². The van der Waals surface area contributed by atoms with Gasteiger partial charge in [-0.15, -0.1) is 0 Å². The number of ether oxygens (including phenoxy) is 1. The second-order valence-corrected chi connectivity index (χ2v) is 3.91. The Balaban J connectivity index is 2.73. The van der Waals surface area contributed by atoms with Gasteiger partial charge >= 0.3 is 0 Å². The molecule has 0 radical (unpaired) electrons. The largest absolute Gasteiger partial charge is 0.495 e. The van der Waals surface area contributed by atoms with Crippen LogP contribution in [0.4, 0.5) is 0 Å². The van der Waals surface area contributed by atoms with Crippen LogP contribution in [-0.2, 0) is 0 Å². The number of pyridine rings is 1. The quantitative estimate of drug-likeness (QED) is 0.770. The fourth-order valence-electron chi connectivity index (χ4n) is 1.78. The summed E-state index contributed by atoms with van der Waals surface area (Å²) in [6.07, 6.45) is 7.27. The zero-order chi connectivity index (χ0) is 11.8. The van der Waals surface area contributed by atoms with Crippen molar-refractivity contribution in [2.75, 3.05) is 13.7 Å². The van der Waals surface area contributed by atoms with Crippen molar-refractivity contribution in [2.24, 2.45) is 0 Å². The molecule has 90 valence electrons. The highest BCUT2D eigenvalue weighted by molar-refractivity contribution is 5.25. The summed E-state index contributed by atoms with van der Waals surface area (Å²) < 4.78 is 5.20. The molecule has 0 aliphatic heterocycles. The molecule has 1 unspecified atom stereocenters. The Morgan fingerprint density at radius 1 is 1.38 bits per heavy atom. The lowest BCUT2D eigenvalue weighted by Crippen LogP contribution is -2.21. The van der Waals surface area contributed by atoms with E-state index in [9.17, 15) is 0 Å². The maximum Gasteiger partial charge on any atom is 0.137 e. The van der Waals surface area contributed by atoms with Gasteiger partial charge in [0.15, 0.2) is 0 Å². The van der Waals surface area contributed by atoms with Gasteiger partial charge in [0.25, 0.3) is 0 Å². The predicted molar refractivity (Wildman–Crippen MR) is 66.7 cm³/mol. The number of aromatic nitrogens is 1. The van der Waals surface area contributed by atoms with E-state index in [4.69, 9.17) is 4.74 Å². The summed E-state index contributed by atoms with van der Waals surface area (Å²) in [5.74, 6) is 0.830. The van der Waals surface area contributed by atoms with Gasteiger partial charge in [-0.3, -0.25) is 4.98 Å². The molecule has 0 saturated heterocycles. The van der Waals surface area contributed by atoms with Crippen molar-refractivity contribution < 1.29 is 4.74 Å². The normalized spacial score (nSPS) is 12.4. The van der Waals surface area contributed by atoms with Gasteiger partial charge in [0.05, 0.1) is 13.3 Å². The molecule has 1 atom stereocenters. The highest BCUT2D eigenvalue weighted by Crippen LogP contribution is 2.21. The Labute approximate surface area is 98.2 Å². The van der Waals surface area contributed by atoms with Crippen molar-refractivity contribution in [2.45, 2.75) is 39.2 Å². The zero-order valence-corrected chi connectivity index (χ0v) is 10.5. The van der Waals surface area contributed by atoms with Crippen molar-refractivity contribution in [1.82, 2.24) is 10.3 Å². The molecular formula is C13H22N2O. The minimum atomic E-state index is 0.396. The van der Waals surface area contributed by atoms with Crippen molar-refractivity contribution in [3.8, 4) is 5.75 Å². The molecule has 0 aliphatic carbocycles. The van der Waals surface area contributed by atoms with Crippen LogP contribution in [0.5, 0.6) is 5.75 Å². The second kappa shape index (κ2) is 7.23. The average molecular weight is 222 g/mol. The van der Waals surface area contributed by atoms with Crippen LogP contribution in [0, 0.1) is 0 Å². The Morgan fingerprint density at radius 2 is 2.19 bits per heavy atom. The van der Waals surface area contributed by atoms with Gasteiger partial charge in [-0.1, -0.05) is 26.7 Å². The van der Waals surface area contributed by atoms with Crippen LogP contribution in [0.15, 0.2) is 18.5 Å². The molecule has 1 rings (SSSR count). The smallest absolute Gasteiger partial charge is 0.137 e. The molecule has 0 fully saturated rings. The number of rotatable bonds is 7. The Hall–Kier alpha value is -1.09. The molecule has 16 heavy (non-hydrogen) atoms. The SMILES string of the molecule is CCCCC(NCC)c1cncc(OC)c1. The van der Waals surface area contributed by atoms with E-state index in [-0.39, 0.29) is 0 Å². The lowest BCUT2D eigenvalue weighted by atomic mass is 10.0. The average Bonchev–Trinajstić information content (AvgIpc) is 2.34. The third kappa shape index (κ3) is 3.81. The minimum Gasteiger partial charge on any atom is -0.495 e. The van der Waals surface area contributed by atoms with E-state index < -0.39 is 0 Å². The third-order valence-electron chi connectivity index (χ3n) is 2.67. The van der Waals surface area contributed by atoms with Crippen LogP contribution in [0.25, 0.3) is 0 Å². The highest BCUT2D eigenvalue weighted by atomic mass is 16.5. The van der Waals surface area contributed by atoms with E-state index in [1.54, 1.807) is 13.3 Å². The topological polar surface area (TPSA) is 34.2 Å². The lowest BCUT2D eigenvalue weighted by Gasteiger charge is -2.18. The van der Waals surface area contributed by atoms with E-state index in [1.807, 2.05) is 6.20 Å². The number of methoxy groups -OCH3 is 1. The first-order valence-corrected chi connectivity index (χ1v) is 6.04. The van der Waals surface area contributed by atoms with Crippen molar-refractivity contribution >= 4 is 0 Å². The van der Waals surface area contributed by atoms with Crippen molar-refractivity contribution in [3.63, 3.8) is 0 Å². The van der Waals surface area contributed by atoms with Crippen LogP contribution in [0.3, 0.4) is 0 Å². The lowest BCUT2D eigenvalue weighted by molar-refractivity contribution is 0.409. The maximum absolute atomic E-state index is 5.20. The van der Waals surface area contributed by atoms with Crippen molar-refractivity contribution in [3.05, 3.63) is 24.0 Å². The van der Waals surface area contributed by atoms with Gasteiger partial charge in [-0.05, 0) is 24.6 Å². The predicted octanol–water partition coefficient (Wildman–Crippen LogP) is 2.93. The van der Waals surface area contributed by atoms with Crippen LogP contribution in [0.2, 0.25) is 0 Å². The maximum atomic E-state index is 5.20. The molecule has 1 N–H and O–H groups in total. The summed E-state index contributed by atoms with van der Waals surface area (Å²) >= 11 is 0. The summed E-state index contributed by atoms with van der Waals surface area (Å²) in [6, 6.07) is 2.46. The van der Waals surface area contributed by atoms with Crippen molar-refractivity contribution in [1.29, 1.82) is 0 Å². The van der Waals surface area contributed by atoms with Gasteiger partial charge in [0.1, 0.15) is 5.75 Å². The number of nitrogens with zero attached hydrogens (tertiary/aromatic N) is 1. The summed E-state index contributed by atoms with van der Waals surface area (Å²) in [4.78, 5) is 4.20. The number of nitrogens with one attached hydrogen (secondary N) is 1. The standard InChI is InChI=1S/C13H22N2O/c1-4-6-7-13(15-5-2)11-8-12(16-3)10-14-9-11/h8-10,13,15H,4-7H2,1-3H3. The zero-order valence-electron chi connectivity index (χ0n) is 10.5. The monoisotopic (exact) mass is 222 g/mol. The highest BCUT2D eigenvalue weighted by Gasteiger charge is 2.10. The van der Waals surface area contributed by atoms with E-state index in [2.05, 4.69) is 30.2 Å². The Kier molecular flexibility index (Phi) is 5.86. The first kappa shape index (κ1) is 13.0. The van der Waals surface area contributed by atoms with Gasteiger partial charge < -0.3 is 10.1 Å². The molecule has 3 heteroatoms. The van der Waals surface area contributed by atoms with Gasteiger partial charge in [0.2, 0.25) is 0 Å². The molecular weight excluding hydrogens is 200 g/mol. The van der Waals surface area contributed by atoms with Gasteiger partial charge in [0, 0.05) is 12.2 Å². The summed E-state index contributed by atoms with van der Waals surface area (Å²) in [5.41, 5.74) is 1.22. The molecule has 0 spiro atoms. The fourth-order valence-corrected chi connectivity index (χ4v) is 1.78. The molecule has 0 saturated carbocycles. The number of unbranched alkanes of at least 4 members (excludes halogenated alkanes) is 1. The van der Waals surface area contributed by atoms with E-state index >= 15 is 0 Å². The molecule has 3 nitrogen and oxygen atoms in total. The van der Waals surface area contributed by atoms with Crippen LogP contribution in [-0.4, -0.2) is 18.6 Å². The summed E-state index contributed by atoms with van der Waals surface area (Å²) in [7, 11) is 1.68. The molecule has 0 aliphatic rings. The van der Waals surface area contributed by atoms with E-state index in [1.165, 1.54) is 18.4 Å². The fraction of sp³-hybridized carbons (Fsp3) is 0.615. The summed E-state index contributed by atoms with van der Waals surface area (Å²) in [6.45, 7) is 5.32. The minimum absolute atomic E-state index is 0.396. The van der Waals surface area contributed by atoms with Crippen LogP contribution >= 0.6 is 0 Å². The molecule has 0 amide bonds. The second-order valence-electron chi connectivity index (χ2n) is 3.91. The summed E-state index contributed by atoms with van der Waals surface area (Å²) in [5, 5.41) is 3.49. The van der Waals surface area contributed by atoms with Crippen LogP contribution < -0.4 is 10.1 Å². The van der Waals surface area contributed by atoms with Gasteiger partial charge in [-0.2, -0.15) is 0 Å². The van der Waals surface area contributed by atoms with Gasteiger partial charge in [-0.25, -0.2) is 0 Å². The molecule has 1 heterocycles. The molecule has 0 bridgehead atoms. The molecule has 0 aromatic carbocycles. The molecule has 1 aromatic heterocycles. The number of hydrogen-bond acceptors (Lipinski definition) is 3. The molecule has 1 aromatic rings. The first-order valence-electron chi connectivity index (χ1n) is 6.04. The first-order chi connectivity index (χ1) is 7.81. The van der Waals surface area contributed by atoms with E-state index in [0.717, 1.165) is 18.7 Å². The Morgan fingerprint density at radius 3 is 2.81 bits per heavy atom. The number of hydrogen-bond donors (Lipinski definition) is 1. The third-order valence-corrected chi connectivity index (χ3v) is 2.67. The van der Waals surface area contributed by atoms with Crippen LogP contribution in [0.1, 0.15) is 44.7 Å². The Bertz CT molecular complexity index is 302.